The van der Waals surface area contributed by atoms with Gasteiger partial charge in [-0.2, -0.15) is 0 Å². The summed E-state index contributed by atoms with van der Waals surface area (Å²) in [6.07, 6.45) is 1.78. The molecular weight excluding hydrogens is 302 g/mol. The van der Waals surface area contributed by atoms with E-state index in [1.807, 2.05) is 6.92 Å². The summed E-state index contributed by atoms with van der Waals surface area (Å²) in [5.74, 6) is 0.553. The third kappa shape index (κ3) is 4.71. The van der Waals surface area contributed by atoms with Crippen LogP contribution in [-0.2, 0) is 6.42 Å². The molecule has 0 aliphatic carbocycles. The van der Waals surface area contributed by atoms with Gasteiger partial charge in [-0.25, -0.2) is 0 Å². The molecule has 1 aromatic rings. The van der Waals surface area contributed by atoms with Crippen LogP contribution in [0.4, 0.5) is 0 Å². The summed E-state index contributed by atoms with van der Waals surface area (Å²) >= 11 is 4.72. The minimum Gasteiger partial charge on any atom is -0.350 e. The maximum atomic E-state index is 11.9. The van der Waals surface area contributed by atoms with E-state index >= 15 is 0 Å². The molecule has 0 aliphatic heterocycles. The molecule has 0 spiro atoms. The van der Waals surface area contributed by atoms with E-state index in [2.05, 4.69) is 44.7 Å². The highest BCUT2D eigenvalue weighted by Gasteiger charge is 2.16. The smallest absolute Gasteiger partial charge is 0.264 e. The topological polar surface area (TPSA) is 54.9 Å². The Hall–Kier alpha value is -0.490. The van der Waals surface area contributed by atoms with Gasteiger partial charge in [0, 0.05) is 11.4 Å². The van der Waals surface area contributed by atoms with E-state index in [4.69, 9.17) is 0 Å². The molecule has 0 fully saturated rings. The number of aryl methyl sites for hydroxylation is 1. The Morgan fingerprint density at radius 3 is 2.82 bits per heavy atom. The fraction of sp³-hybridized carbons (Fsp3) is 0.727. The van der Waals surface area contributed by atoms with Gasteiger partial charge in [-0.05, 0) is 30.3 Å². The third-order valence-corrected chi connectivity index (χ3v) is 3.77. The van der Waals surface area contributed by atoms with E-state index in [0.29, 0.717) is 22.2 Å². The van der Waals surface area contributed by atoms with Crippen molar-refractivity contribution in [3.8, 4) is 0 Å². The summed E-state index contributed by atoms with van der Waals surface area (Å²) in [5.41, 5.74) is 0.780. The summed E-state index contributed by atoms with van der Waals surface area (Å²) in [6, 6.07) is 0. The van der Waals surface area contributed by atoms with Crippen LogP contribution in [0.1, 0.15) is 42.6 Å². The number of hydrogen-bond donors (Lipinski definition) is 1. The first-order chi connectivity index (χ1) is 8.04. The molecule has 0 saturated heterocycles. The van der Waals surface area contributed by atoms with E-state index in [0.717, 1.165) is 30.1 Å². The van der Waals surface area contributed by atoms with Crippen molar-refractivity contribution in [2.24, 2.45) is 5.92 Å². The van der Waals surface area contributed by atoms with Crippen LogP contribution in [0.3, 0.4) is 0 Å². The predicted octanol–water partition coefficient (Wildman–Crippen LogP) is 2.64. The summed E-state index contributed by atoms with van der Waals surface area (Å²) in [7, 11) is 0. The van der Waals surface area contributed by atoms with Gasteiger partial charge in [-0.3, -0.25) is 4.79 Å². The molecule has 1 amide bonds. The lowest BCUT2D eigenvalue weighted by atomic mass is 10.1. The molecule has 6 heteroatoms. The van der Waals surface area contributed by atoms with Crippen molar-refractivity contribution in [2.45, 2.75) is 38.4 Å². The fourth-order valence-electron chi connectivity index (χ4n) is 1.49. The number of alkyl halides is 1. The van der Waals surface area contributed by atoms with Crippen molar-refractivity contribution in [1.29, 1.82) is 0 Å². The quantitative estimate of drug-likeness (QED) is 0.820. The van der Waals surface area contributed by atoms with Crippen LogP contribution < -0.4 is 5.32 Å². The molecule has 1 N–H and O–H groups in total. The Balaban J connectivity index is 2.45. The number of aromatic nitrogens is 2. The zero-order valence-electron chi connectivity index (χ0n) is 10.4. The third-order valence-electron chi connectivity index (χ3n) is 2.31. The summed E-state index contributed by atoms with van der Waals surface area (Å²) < 4.78 is 3.81. The second-order valence-corrected chi connectivity index (χ2v) is 6.39. The Morgan fingerprint density at radius 1 is 1.53 bits per heavy atom. The average molecular weight is 320 g/mol. The largest absolute Gasteiger partial charge is 0.350 e. The Morgan fingerprint density at radius 2 is 2.24 bits per heavy atom. The minimum atomic E-state index is -0.0648. The van der Waals surface area contributed by atoms with E-state index in [1.165, 1.54) is 0 Å². The zero-order chi connectivity index (χ0) is 12.8. The van der Waals surface area contributed by atoms with Gasteiger partial charge >= 0.3 is 0 Å². The molecule has 0 saturated carbocycles. The summed E-state index contributed by atoms with van der Waals surface area (Å²) in [5, 5.41) is 6.84. The number of hydrogen-bond acceptors (Lipinski definition) is 4. The first-order valence-electron chi connectivity index (χ1n) is 5.78. The number of carbonyl (C=O) groups is 1. The predicted molar refractivity (Wildman–Crippen MR) is 73.8 cm³/mol. The molecule has 1 heterocycles. The first-order valence-corrected chi connectivity index (χ1v) is 7.47. The van der Waals surface area contributed by atoms with Crippen molar-refractivity contribution in [2.75, 3.05) is 6.54 Å². The van der Waals surface area contributed by atoms with Crippen molar-refractivity contribution >= 4 is 33.4 Å². The maximum absolute atomic E-state index is 11.9. The highest BCUT2D eigenvalue weighted by molar-refractivity contribution is 9.09. The first kappa shape index (κ1) is 14.6. The van der Waals surface area contributed by atoms with Gasteiger partial charge in [-0.1, -0.05) is 41.2 Å². The molecule has 0 aliphatic rings. The standard InChI is InChI=1S/C11H18BrN3OS/c1-4-9-10(17-15-14-9)11(16)13-6-8(12)5-7(2)3/h7-8H,4-6H2,1-3H3,(H,13,16). The van der Waals surface area contributed by atoms with Crippen molar-refractivity contribution in [1.82, 2.24) is 14.9 Å². The van der Waals surface area contributed by atoms with Crippen molar-refractivity contribution in [3.05, 3.63) is 10.6 Å². The van der Waals surface area contributed by atoms with Gasteiger partial charge in [0.2, 0.25) is 0 Å². The molecule has 0 bridgehead atoms. The number of nitrogens with one attached hydrogen (secondary N) is 1. The lowest BCUT2D eigenvalue weighted by molar-refractivity contribution is 0.0956. The molecule has 0 radical (unpaired) electrons. The van der Waals surface area contributed by atoms with Crippen LogP contribution in [0.2, 0.25) is 0 Å². The highest BCUT2D eigenvalue weighted by atomic mass is 79.9. The monoisotopic (exact) mass is 319 g/mol. The van der Waals surface area contributed by atoms with Gasteiger partial charge in [0.15, 0.2) is 0 Å². The van der Waals surface area contributed by atoms with Crippen LogP contribution in [0.25, 0.3) is 0 Å². The number of rotatable bonds is 6. The van der Waals surface area contributed by atoms with E-state index in [9.17, 15) is 4.79 Å². The van der Waals surface area contributed by atoms with Crippen LogP contribution in [0, 0.1) is 5.92 Å². The SMILES string of the molecule is CCc1nnsc1C(=O)NCC(Br)CC(C)C. The van der Waals surface area contributed by atoms with Gasteiger partial charge in [0.1, 0.15) is 4.88 Å². The van der Waals surface area contributed by atoms with Gasteiger partial charge in [-0.15, -0.1) is 5.10 Å². The average Bonchev–Trinajstić information content (AvgIpc) is 2.72. The fourth-order valence-corrected chi connectivity index (χ4v) is 3.07. The van der Waals surface area contributed by atoms with Gasteiger partial charge in [0.25, 0.3) is 5.91 Å². The molecule has 1 unspecified atom stereocenters. The molecular formula is C11H18BrN3OS. The minimum absolute atomic E-state index is 0.0648. The Bertz CT molecular complexity index is 367. The van der Waals surface area contributed by atoms with Crippen LogP contribution >= 0.6 is 27.5 Å². The second-order valence-electron chi connectivity index (χ2n) is 4.34. The second kappa shape index (κ2) is 7.06. The molecule has 1 aromatic heterocycles. The molecule has 1 rings (SSSR count). The lowest BCUT2D eigenvalue weighted by Gasteiger charge is -2.12. The normalized spacial score (nSPS) is 12.8. The Labute approximate surface area is 114 Å². The molecule has 0 aromatic carbocycles. The van der Waals surface area contributed by atoms with Crippen LogP contribution in [-0.4, -0.2) is 26.9 Å². The maximum Gasteiger partial charge on any atom is 0.264 e. The molecule has 96 valence electrons. The number of amides is 1. The van der Waals surface area contributed by atoms with E-state index in [1.54, 1.807) is 0 Å². The van der Waals surface area contributed by atoms with Crippen LogP contribution in [0.5, 0.6) is 0 Å². The van der Waals surface area contributed by atoms with E-state index in [-0.39, 0.29) is 5.91 Å². The number of carbonyl (C=O) groups excluding carboxylic acids is 1. The Kier molecular flexibility index (Phi) is 6.05. The zero-order valence-corrected chi connectivity index (χ0v) is 12.8. The summed E-state index contributed by atoms with van der Waals surface area (Å²) in [6.45, 7) is 6.94. The highest BCUT2D eigenvalue weighted by Crippen LogP contribution is 2.13. The number of nitrogens with zero attached hydrogens (tertiary/aromatic N) is 2. The van der Waals surface area contributed by atoms with Gasteiger partial charge < -0.3 is 5.32 Å². The molecule has 1 atom stereocenters. The van der Waals surface area contributed by atoms with Crippen molar-refractivity contribution in [3.63, 3.8) is 0 Å². The number of halogens is 1. The lowest BCUT2D eigenvalue weighted by Crippen LogP contribution is -2.30. The molecule has 17 heavy (non-hydrogen) atoms. The summed E-state index contributed by atoms with van der Waals surface area (Å²) in [4.78, 5) is 12.8. The van der Waals surface area contributed by atoms with Gasteiger partial charge in [0.05, 0.1) is 5.69 Å². The molecule has 4 nitrogen and oxygen atoms in total. The van der Waals surface area contributed by atoms with E-state index < -0.39 is 0 Å². The van der Waals surface area contributed by atoms with Crippen LogP contribution in [0.15, 0.2) is 0 Å². The van der Waals surface area contributed by atoms with Crippen molar-refractivity contribution < 1.29 is 4.79 Å².